The topological polar surface area (TPSA) is 94.8 Å². The quantitative estimate of drug-likeness (QED) is 0.375. The van der Waals surface area contributed by atoms with Gasteiger partial charge in [0.25, 0.3) is 0 Å². The predicted molar refractivity (Wildman–Crippen MR) is 134 cm³/mol. The fourth-order valence-corrected chi connectivity index (χ4v) is 11.5. The van der Waals surface area contributed by atoms with Gasteiger partial charge < -0.3 is 20.1 Å². The molecule has 0 saturated heterocycles. The van der Waals surface area contributed by atoms with Crippen molar-refractivity contribution in [1.82, 2.24) is 0 Å². The van der Waals surface area contributed by atoms with Gasteiger partial charge in [-0.2, -0.15) is 0 Å². The molecule has 0 aromatic heterocycles. The van der Waals surface area contributed by atoms with Gasteiger partial charge in [0, 0.05) is 0 Å². The first-order chi connectivity index (χ1) is 16.2. The first kappa shape index (κ1) is 25.4. The Labute approximate surface area is 210 Å². The third-order valence-electron chi connectivity index (χ3n) is 13.4. The maximum absolute atomic E-state index is 12.8. The van der Waals surface area contributed by atoms with E-state index in [0.717, 1.165) is 44.0 Å². The summed E-state index contributed by atoms with van der Waals surface area (Å²) in [4.78, 5) is 25.1. The molecule has 5 saturated carbocycles. The fraction of sp³-hybridized carbons (Fsp3) is 0.867. The van der Waals surface area contributed by atoms with Crippen LogP contribution in [0.25, 0.3) is 0 Å². The lowest BCUT2D eigenvalue weighted by Crippen LogP contribution is -2.70. The average Bonchev–Trinajstić information content (AvgIpc) is 3.19. The number of hydrogen-bond acceptors (Lipinski definition) is 4. The Morgan fingerprint density at radius 2 is 1.63 bits per heavy atom. The van der Waals surface area contributed by atoms with Gasteiger partial charge in [-0.15, -0.1) is 0 Å². The highest BCUT2D eigenvalue weighted by Gasteiger charge is 2.74. The number of carbonyl (C=O) groups is 2. The standard InChI is InChI=1S/C30H46O5/c1-17(2)18-7-12-30(25(34)35)14-13-28(5)19(23(18)30)15-20(32)24-26(3)10-9-22(33)27(4,16-31)21(26)8-11-29(24,28)6/h16,18-24,32-33H,1,7-15H2,2-6H3,(H,34,35)/t18-,19+,20+,21-,22+,23+,24-,26-,27-,28+,29+,30-/m0/s1. The van der Waals surface area contributed by atoms with Crippen LogP contribution in [-0.2, 0) is 9.59 Å². The lowest BCUT2D eigenvalue weighted by Gasteiger charge is -2.73. The van der Waals surface area contributed by atoms with Crippen molar-refractivity contribution in [3.05, 3.63) is 12.2 Å². The smallest absolute Gasteiger partial charge is 0.309 e. The molecule has 0 unspecified atom stereocenters. The molecular formula is C30H46O5. The van der Waals surface area contributed by atoms with Crippen LogP contribution in [0.15, 0.2) is 12.2 Å². The second kappa shape index (κ2) is 7.66. The summed E-state index contributed by atoms with van der Waals surface area (Å²) >= 11 is 0. The minimum Gasteiger partial charge on any atom is -0.481 e. The Balaban J connectivity index is 1.61. The summed E-state index contributed by atoms with van der Waals surface area (Å²) < 4.78 is 0. The molecule has 5 rings (SSSR count). The number of rotatable bonds is 3. The van der Waals surface area contributed by atoms with Crippen LogP contribution in [0.3, 0.4) is 0 Å². The summed E-state index contributed by atoms with van der Waals surface area (Å²) in [5.41, 5.74) is -0.876. The number of aliphatic hydroxyl groups is 2. The zero-order valence-electron chi connectivity index (χ0n) is 22.3. The highest BCUT2D eigenvalue weighted by atomic mass is 16.4. The molecule has 0 aromatic rings. The third kappa shape index (κ3) is 2.89. The molecule has 5 heteroatoms. The van der Waals surface area contributed by atoms with Crippen LogP contribution >= 0.6 is 0 Å². The molecule has 0 heterocycles. The Bertz CT molecular complexity index is 945. The van der Waals surface area contributed by atoms with Gasteiger partial charge in [-0.05, 0) is 111 Å². The van der Waals surface area contributed by atoms with Crippen molar-refractivity contribution >= 4 is 12.3 Å². The van der Waals surface area contributed by atoms with E-state index in [2.05, 4.69) is 34.3 Å². The number of fused-ring (bicyclic) bond motifs is 7. The minimum atomic E-state index is -0.784. The molecule has 5 nitrogen and oxygen atoms in total. The van der Waals surface area contributed by atoms with Gasteiger partial charge in [0.05, 0.1) is 23.0 Å². The van der Waals surface area contributed by atoms with Crippen molar-refractivity contribution in [3.63, 3.8) is 0 Å². The van der Waals surface area contributed by atoms with Gasteiger partial charge >= 0.3 is 5.97 Å². The molecule has 3 N–H and O–H groups in total. The molecular weight excluding hydrogens is 440 g/mol. The summed E-state index contributed by atoms with van der Waals surface area (Å²) in [6.07, 6.45) is 6.79. The van der Waals surface area contributed by atoms with Crippen LogP contribution in [0.5, 0.6) is 0 Å². The molecule has 0 aliphatic heterocycles. The van der Waals surface area contributed by atoms with E-state index in [-0.39, 0.29) is 45.8 Å². The van der Waals surface area contributed by atoms with Crippen molar-refractivity contribution in [2.24, 2.45) is 56.7 Å². The Morgan fingerprint density at radius 3 is 2.23 bits per heavy atom. The van der Waals surface area contributed by atoms with Gasteiger partial charge in [-0.3, -0.25) is 4.79 Å². The molecule has 0 spiro atoms. The maximum atomic E-state index is 12.8. The van der Waals surface area contributed by atoms with Crippen molar-refractivity contribution in [3.8, 4) is 0 Å². The largest absolute Gasteiger partial charge is 0.481 e. The van der Waals surface area contributed by atoms with Crippen LogP contribution < -0.4 is 0 Å². The number of hydrogen-bond donors (Lipinski definition) is 3. The number of carboxylic acids is 1. The fourth-order valence-electron chi connectivity index (χ4n) is 11.5. The van der Waals surface area contributed by atoms with Crippen molar-refractivity contribution < 1.29 is 24.9 Å². The first-order valence-corrected chi connectivity index (χ1v) is 13.9. The summed E-state index contributed by atoms with van der Waals surface area (Å²) in [6.45, 7) is 15.3. The summed E-state index contributed by atoms with van der Waals surface area (Å²) in [5, 5.41) is 33.3. The monoisotopic (exact) mass is 486 g/mol. The van der Waals surface area contributed by atoms with Crippen molar-refractivity contribution in [2.45, 2.75) is 105 Å². The minimum absolute atomic E-state index is 0.0163. The molecule has 0 amide bonds. The maximum Gasteiger partial charge on any atom is 0.309 e. The van der Waals surface area contributed by atoms with Crippen LogP contribution in [-0.4, -0.2) is 39.8 Å². The van der Waals surface area contributed by atoms with Crippen molar-refractivity contribution in [1.29, 1.82) is 0 Å². The lowest BCUT2D eigenvalue weighted by atomic mass is 9.31. The molecule has 5 fully saturated rings. The SMILES string of the molecule is C=C(C)[C@@H]1CC[C@]2(C(=O)O)CC[C@]3(C)[C@H](C[C@@H](O)[C@H]4[C@@]5(C)CC[C@@H](O)[C@@](C)(C=O)[C@H]5CC[C@]43C)[C@@H]12. The summed E-state index contributed by atoms with van der Waals surface area (Å²) in [6, 6.07) is 0. The van der Waals surface area contributed by atoms with Gasteiger partial charge in [0.2, 0.25) is 0 Å². The van der Waals surface area contributed by atoms with Crippen LogP contribution in [0.2, 0.25) is 0 Å². The van der Waals surface area contributed by atoms with Crippen LogP contribution in [0.1, 0.15) is 92.4 Å². The van der Waals surface area contributed by atoms with E-state index in [1.165, 1.54) is 0 Å². The highest BCUT2D eigenvalue weighted by Crippen LogP contribution is 2.77. The van der Waals surface area contributed by atoms with Gasteiger partial charge in [0.1, 0.15) is 6.29 Å². The zero-order valence-corrected chi connectivity index (χ0v) is 22.3. The van der Waals surface area contributed by atoms with E-state index in [1.54, 1.807) is 0 Å². The lowest BCUT2D eigenvalue weighted by molar-refractivity contribution is -0.274. The van der Waals surface area contributed by atoms with Crippen molar-refractivity contribution in [2.75, 3.05) is 0 Å². The highest BCUT2D eigenvalue weighted by molar-refractivity contribution is 5.76. The number of aliphatic hydroxyl groups excluding tert-OH is 2. The molecule has 12 atom stereocenters. The van der Waals surface area contributed by atoms with E-state index >= 15 is 0 Å². The molecule has 5 aliphatic rings. The number of carbonyl (C=O) groups excluding carboxylic acids is 1. The van der Waals surface area contributed by atoms with Crippen LogP contribution in [0.4, 0.5) is 0 Å². The molecule has 196 valence electrons. The number of allylic oxidation sites excluding steroid dienone is 1. The van der Waals surface area contributed by atoms with Crippen LogP contribution in [0, 0.1) is 56.7 Å². The summed E-state index contributed by atoms with van der Waals surface area (Å²) in [5.74, 6) is -0.238. The van der Waals surface area contributed by atoms with E-state index < -0.39 is 29.0 Å². The normalized spacial score (nSPS) is 57.3. The third-order valence-corrected chi connectivity index (χ3v) is 13.4. The van der Waals surface area contributed by atoms with Gasteiger partial charge in [0.15, 0.2) is 0 Å². The van der Waals surface area contributed by atoms with E-state index in [4.69, 9.17) is 0 Å². The first-order valence-electron chi connectivity index (χ1n) is 13.9. The molecule has 0 radical (unpaired) electrons. The Morgan fingerprint density at radius 1 is 0.943 bits per heavy atom. The molecule has 0 bridgehead atoms. The molecule has 35 heavy (non-hydrogen) atoms. The second-order valence-electron chi connectivity index (χ2n) is 14.3. The summed E-state index contributed by atoms with van der Waals surface area (Å²) in [7, 11) is 0. The number of aldehydes is 1. The Hall–Kier alpha value is -1.20. The average molecular weight is 487 g/mol. The number of carboxylic acid groups (broad SMARTS) is 1. The number of aliphatic carboxylic acids is 1. The second-order valence-corrected chi connectivity index (χ2v) is 14.3. The van der Waals surface area contributed by atoms with E-state index in [1.807, 2.05) is 6.92 Å². The van der Waals surface area contributed by atoms with Gasteiger partial charge in [-0.1, -0.05) is 39.8 Å². The zero-order chi connectivity index (χ0) is 25.8. The van der Waals surface area contributed by atoms with E-state index in [0.29, 0.717) is 25.7 Å². The Kier molecular flexibility index (Phi) is 5.57. The van der Waals surface area contributed by atoms with Gasteiger partial charge in [-0.25, -0.2) is 0 Å². The predicted octanol–water partition coefficient (Wildman–Crippen LogP) is 5.24. The van der Waals surface area contributed by atoms with E-state index in [9.17, 15) is 24.9 Å². The molecule has 5 aliphatic carbocycles. The molecule has 0 aromatic carbocycles.